The van der Waals surface area contributed by atoms with Gasteiger partial charge in [-0.05, 0) is 37.1 Å². The zero-order valence-corrected chi connectivity index (χ0v) is 16.6. The molecule has 0 fully saturated rings. The van der Waals surface area contributed by atoms with Gasteiger partial charge in [0.05, 0.1) is 24.7 Å². The minimum atomic E-state index is -0.596. The lowest BCUT2D eigenvalue weighted by Gasteiger charge is -2.32. The van der Waals surface area contributed by atoms with E-state index in [1.807, 2.05) is 13.0 Å². The van der Waals surface area contributed by atoms with E-state index in [0.29, 0.717) is 28.3 Å². The van der Waals surface area contributed by atoms with E-state index >= 15 is 0 Å². The first-order chi connectivity index (χ1) is 13.9. The van der Waals surface area contributed by atoms with Crippen LogP contribution >= 0.6 is 0 Å². The Labute approximate surface area is 168 Å². The minimum absolute atomic E-state index is 0.0574. The highest BCUT2D eigenvalue weighted by molar-refractivity contribution is 5.98. The van der Waals surface area contributed by atoms with Crippen LogP contribution in [0.1, 0.15) is 30.9 Å². The summed E-state index contributed by atoms with van der Waals surface area (Å²) in [6.07, 6.45) is 1.61. The molecule has 1 atom stereocenters. The zero-order chi connectivity index (χ0) is 21.1. The van der Waals surface area contributed by atoms with Gasteiger partial charge in [0.1, 0.15) is 0 Å². The highest BCUT2D eigenvalue weighted by Crippen LogP contribution is 2.46. The Balaban J connectivity index is 2.30. The number of nitro benzene ring substituents is 1. The maximum atomic E-state index is 12.7. The summed E-state index contributed by atoms with van der Waals surface area (Å²) in [5.41, 5.74) is 3.75. The van der Waals surface area contributed by atoms with Gasteiger partial charge in [0.2, 0.25) is 5.88 Å². The fourth-order valence-electron chi connectivity index (χ4n) is 3.64. The number of dihydropyridines is 1. The van der Waals surface area contributed by atoms with E-state index in [-0.39, 0.29) is 5.69 Å². The third-order valence-electron chi connectivity index (χ3n) is 4.83. The van der Waals surface area contributed by atoms with Gasteiger partial charge >= 0.3 is 5.97 Å². The monoisotopic (exact) mass is 395 g/mol. The molecule has 0 aliphatic carbocycles. The van der Waals surface area contributed by atoms with Gasteiger partial charge in [-0.1, -0.05) is 12.1 Å². The van der Waals surface area contributed by atoms with E-state index in [1.54, 1.807) is 31.3 Å². The van der Waals surface area contributed by atoms with E-state index in [9.17, 15) is 14.9 Å². The van der Waals surface area contributed by atoms with Gasteiger partial charge < -0.3 is 14.8 Å². The molecular formula is C21H21N3O5. The van der Waals surface area contributed by atoms with Crippen LogP contribution in [-0.2, 0) is 9.53 Å². The molecule has 0 saturated carbocycles. The molecule has 1 aliphatic rings. The van der Waals surface area contributed by atoms with Crippen molar-refractivity contribution in [2.45, 2.75) is 19.8 Å². The first-order valence-corrected chi connectivity index (χ1v) is 8.89. The number of esters is 1. The van der Waals surface area contributed by atoms with Crippen molar-refractivity contribution >= 4 is 17.2 Å². The number of aromatic nitrogens is 1. The summed E-state index contributed by atoms with van der Waals surface area (Å²) in [4.78, 5) is 27.8. The fourth-order valence-corrected chi connectivity index (χ4v) is 3.64. The SMILES string of the molecule is COC(=O)C1=C(C)NC(C)=C(c2cccnc2OC)C1c1cccc([N+](=O)[O-])c1. The summed E-state index contributed by atoms with van der Waals surface area (Å²) in [6, 6.07) is 9.86. The molecule has 1 aliphatic heterocycles. The van der Waals surface area contributed by atoms with Gasteiger partial charge in [0.25, 0.3) is 5.69 Å². The summed E-state index contributed by atoms with van der Waals surface area (Å²) < 4.78 is 10.5. The Morgan fingerprint density at radius 2 is 1.93 bits per heavy atom. The molecule has 0 radical (unpaired) electrons. The summed E-state index contributed by atoms with van der Waals surface area (Å²) in [5, 5.41) is 14.6. The van der Waals surface area contributed by atoms with Crippen LogP contribution in [0, 0.1) is 10.1 Å². The van der Waals surface area contributed by atoms with Gasteiger partial charge in [-0.25, -0.2) is 9.78 Å². The second-order valence-electron chi connectivity index (χ2n) is 6.54. The molecule has 8 nitrogen and oxygen atoms in total. The number of nitrogens with one attached hydrogen (secondary N) is 1. The molecule has 29 heavy (non-hydrogen) atoms. The number of allylic oxidation sites excluding steroid dienone is 3. The molecule has 1 aromatic carbocycles. The second kappa shape index (κ2) is 8.14. The molecule has 150 valence electrons. The third-order valence-corrected chi connectivity index (χ3v) is 4.83. The lowest BCUT2D eigenvalue weighted by molar-refractivity contribution is -0.384. The number of carbonyl (C=O) groups excluding carboxylic acids is 1. The Morgan fingerprint density at radius 3 is 2.59 bits per heavy atom. The molecule has 0 amide bonds. The number of methoxy groups -OCH3 is 2. The van der Waals surface area contributed by atoms with Crippen LogP contribution in [0.15, 0.2) is 59.6 Å². The number of benzene rings is 1. The summed E-state index contributed by atoms with van der Waals surface area (Å²) >= 11 is 0. The topological polar surface area (TPSA) is 104 Å². The standard InChI is InChI=1S/C21H21N3O5/c1-12-17(16-9-6-10-22-20(16)28-3)19(18(13(2)23-12)21(25)29-4)14-7-5-8-15(11-14)24(26)27/h5-11,19,23H,1-4H3. The van der Waals surface area contributed by atoms with E-state index in [4.69, 9.17) is 9.47 Å². The van der Waals surface area contributed by atoms with Crippen molar-refractivity contribution in [1.82, 2.24) is 10.3 Å². The molecule has 3 rings (SSSR count). The van der Waals surface area contributed by atoms with Crippen molar-refractivity contribution in [3.05, 3.63) is 80.8 Å². The normalized spacial score (nSPS) is 16.3. The summed E-state index contributed by atoms with van der Waals surface area (Å²) in [5.74, 6) is -0.719. The maximum absolute atomic E-state index is 12.7. The maximum Gasteiger partial charge on any atom is 0.336 e. The van der Waals surface area contributed by atoms with Crippen molar-refractivity contribution < 1.29 is 19.2 Å². The van der Waals surface area contributed by atoms with Crippen molar-refractivity contribution in [3.63, 3.8) is 0 Å². The molecule has 8 heteroatoms. The van der Waals surface area contributed by atoms with Gasteiger partial charge in [0.15, 0.2) is 0 Å². The average molecular weight is 395 g/mol. The van der Waals surface area contributed by atoms with Crippen LogP contribution in [0.3, 0.4) is 0 Å². The summed E-state index contributed by atoms with van der Waals surface area (Å²) in [6.45, 7) is 3.65. The lowest BCUT2D eigenvalue weighted by atomic mass is 9.77. The lowest BCUT2D eigenvalue weighted by Crippen LogP contribution is -2.28. The Kier molecular flexibility index (Phi) is 5.63. The smallest absolute Gasteiger partial charge is 0.336 e. The van der Waals surface area contributed by atoms with Crippen molar-refractivity contribution in [3.8, 4) is 5.88 Å². The first-order valence-electron chi connectivity index (χ1n) is 8.89. The minimum Gasteiger partial charge on any atom is -0.481 e. The Bertz CT molecular complexity index is 1040. The van der Waals surface area contributed by atoms with Crippen LogP contribution in [-0.4, -0.2) is 30.1 Å². The number of nitro groups is 1. The molecule has 1 aromatic heterocycles. The number of rotatable bonds is 5. The molecule has 2 aromatic rings. The Hall–Kier alpha value is -3.68. The number of pyridine rings is 1. The Morgan fingerprint density at radius 1 is 1.17 bits per heavy atom. The second-order valence-corrected chi connectivity index (χ2v) is 6.54. The highest BCUT2D eigenvalue weighted by atomic mass is 16.6. The third kappa shape index (κ3) is 3.69. The van der Waals surface area contributed by atoms with E-state index in [2.05, 4.69) is 10.3 Å². The van der Waals surface area contributed by atoms with Crippen molar-refractivity contribution in [1.29, 1.82) is 0 Å². The molecule has 0 bridgehead atoms. The predicted molar refractivity (Wildman–Crippen MR) is 107 cm³/mol. The van der Waals surface area contributed by atoms with Crippen LogP contribution < -0.4 is 10.1 Å². The van der Waals surface area contributed by atoms with Crippen LogP contribution in [0.5, 0.6) is 5.88 Å². The molecule has 1 N–H and O–H groups in total. The quantitative estimate of drug-likeness (QED) is 0.469. The van der Waals surface area contributed by atoms with Crippen LogP contribution in [0.4, 0.5) is 5.69 Å². The molecular weight excluding hydrogens is 374 g/mol. The highest BCUT2D eigenvalue weighted by Gasteiger charge is 2.36. The van der Waals surface area contributed by atoms with Gasteiger partial charge in [-0.15, -0.1) is 0 Å². The van der Waals surface area contributed by atoms with Crippen molar-refractivity contribution in [2.24, 2.45) is 0 Å². The molecule has 1 unspecified atom stereocenters. The predicted octanol–water partition coefficient (Wildman–Crippen LogP) is 3.56. The van der Waals surface area contributed by atoms with E-state index in [1.165, 1.54) is 26.4 Å². The first kappa shape index (κ1) is 20.1. The van der Waals surface area contributed by atoms with E-state index in [0.717, 1.165) is 11.3 Å². The van der Waals surface area contributed by atoms with Crippen LogP contribution in [0.2, 0.25) is 0 Å². The number of non-ortho nitro benzene ring substituents is 1. The van der Waals surface area contributed by atoms with Crippen LogP contribution in [0.25, 0.3) is 5.57 Å². The number of nitrogens with zero attached hydrogens (tertiary/aromatic N) is 2. The number of hydrogen-bond acceptors (Lipinski definition) is 7. The van der Waals surface area contributed by atoms with Gasteiger partial charge in [0, 0.05) is 41.2 Å². The molecule has 2 heterocycles. The average Bonchev–Trinajstić information content (AvgIpc) is 2.72. The van der Waals surface area contributed by atoms with Gasteiger partial charge in [-0.3, -0.25) is 10.1 Å². The van der Waals surface area contributed by atoms with Crippen molar-refractivity contribution in [2.75, 3.05) is 14.2 Å². The number of carbonyl (C=O) groups is 1. The zero-order valence-electron chi connectivity index (χ0n) is 16.6. The molecule has 0 spiro atoms. The summed E-state index contributed by atoms with van der Waals surface area (Å²) in [7, 11) is 2.82. The number of ether oxygens (including phenoxy) is 2. The molecule has 0 saturated heterocycles. The largest absolute Gasteiger partial charge is 0.481 e. The number of hydrogen-bond donors (Lipinski definition) is 1. The fraction of sp³-hybridized carbons (Fsp3) is 0.238. The van der Waals surface area contributed by atoms with E-state index < -0.39 is 16.8 Å². The van der Waals surface area contributed by atoms with Gasteiger partial charge in [-0.2, -0.15) is 0 Å².